The molecule has 2 amide bonds. The van der Waals surface area contributed by atoms with Crippen LogP contribution in [-0.2, 0) is 10.0 Å². The SMILES string of the molecule is Cc1ccc(S(=O)(=O)N2CCCN(C(=O)NC(C)(C)C)CC2)cc1C. The largest absolute Gasteiger partial charge is 0.333 e. The number of sulfonamides is 1. The molecular formula is C18H29N3O3S. The molecular weight excluding hydrogens is 338 g/mol. The quantitative estimate of drug-likeness (QED) is 0.873. The molecule has 1 aromatic rings. The van der Waals surface area contributed by atoms with Gasteiger partial charge in [-0.15, -0.1) is 0 Å². The van der Waals surface area contributed by atoms with E-state index in [1.54, 1.807) is 17.0 Å². The van der Waals surface area contributed by atoms with Crippen molar-refractivity contribution < 1.29 is 13.2 Å². The van der Waals surface area contributed by atoms with E-state index < -0.39 is 10.0 Å². The highest BCUT2D eigenvalue weighted by atomic mass is 32.2. The van der Waals surface area contributed by atoms with Crippen LogP contribution >= 0.6 is 0 Å². The van der Waals surface area contributed by atoms with E-state index in [-0.39, 0.29) is 11.6 Å². The Balaban J connectivity index is 2.11. The molecule has 0 aromatic heterocycles. The van der Waals surface area contributed by atoms with Crippen LogP contribution in [0.2, 0.25) is 0 Å². The Morgan fingerprint density at radius 3 is 2.32 bits per heavy atom. The normalized spacial score (nSPS) is 17.2. The number of aryl methyl sites for hydroxylation is 2. The van der Waals surface area contributed by atoms with Gasteiger partial charge in [0.05, 0.1) is 4.90 Å². The van der Waals surface area contributed by atoms with Gasteiger partial charge in [-0.1, -0.05) is 6.07 Å². The summed E-state index contributed by atoms with van der Waals surface area (Å²) in [4.78, 5) is 14.3. The fourth-order valence-corrected chi connectivity index (χ4v) is 4.32. The number of hydrogen-bond donors (Lipinski definition) is 1. The molecule has 1 aromatic carbocycles. The number of carbonyl (C=O) groups excluding carboxylic acids is 1. The lowest BCUT2D eigenvalue weighted by atomic mass is 10.1. The minimum absolute atomic E-state index is 0.141. The zero-order valence-electron chi connectivity index (χ0n) is 15.8. The zero-order valence-corrected chi connectivity index (χ0v) is 16.6. The Bertz CT molecular complexity index is 738. The summed E-state index contributed by atoms with van der Waals surface area (Å²) >= 11 is 0. The van der Waals surface area contributed by atoms with Crippen molar-refractivity contribution >= 4 is 16.1 Å². The summed E-state index contributed by atoms with van der Waals surface area (Å²) in [6.45, 7) is 11.4. The molecule has 140 valence electrons. The highest BCUT2D eigenvalue weighted by molar-refractivity contribution is 7.89. The Morgan fingerprint density at radius 2 is 1.72 bits per heavy atom. The molecule has 2 rings (SSSR count). The van der Waals surface area contributed by atoms with E-state index in [1.165, 1.54) is 4.31 Å². The first-order valence-corrected chi connectivity index (χ1v) is 10.1. The van der Waals surface area contributed by atoms with Crippen molar-refractivity contribution in [1.29, 1.82) is 0 Å². The Labute approximate surface area is 151 Å². The zero-order chi connectivity index (χ0) is 18.8. The first-order valence-electron chi connectivity index (χ1n) is 8.65. The van der Waals surface area contributed by atoms with Crippen LogP contribution in [-0.4, -0.2) is 55.4 Å². The van der Waals surface area contributed by atoms with Crippen LogP contribution in [0.4, 0.5) is 4.79 Å². The molecule has 1 aliphatic heterocycles. The number of benzene rings is 1. The number of carbonyl (C=O) groups is 1. The topological polar surface area (TPSA) is 69.7 Å². The lowest BCUT2D eigenvalue weighted by Gasteiger charge is -2.27. The van der Waals surface area contributed by atoms with Gasteiger partial charge in [0.1, 0.15) is 0 Å². The van der Waals surface area contributed by atoms with Gasteiger partial charge in [-0.3, -0.25) is 0 Å². The molecule has 0 radical (unpaired) electrons. The molecule has 0 unspecified atom stereocenters. The summed E-state index contributed by atoms with van der Waals surface area (Å²) in [5, 5.41) is 2.93. The second-order valence-electron chi connectivity index (χ2n) is 7.67. The van der Waals surface area contributed by atoms with Crippen molar-refractivity contribution in [1.82, 2.24) is 14.5 Å². The Hall–Kier alpha value is -1.60. The number of amides is 2. The van der Waals surface area contributed by atoms with E-state index in [2.05, 4.69) is 5.32 Å². The second kappa shape index (κ2) is 7.33. The van der Waals surface area contributed by atoms with Gasteiger partial charge < -0.3 is 10.2 Å². The molecule has 0 atom stereocenters. The number of nitrogens with one attached hydrogen (secondary N) is 1. The molecule has 7 heteroatoms. The van der Waals surface area contributed by atoms with E-state index in [4.69, 9.17) is 0 Å². The fraction of sp³-hybridized carbons (Fsp3) is 0.611. The Kier molecular flexibility index (Phi) is 5.79. The Morgan fingerprint density at radius 1 is 1.04 bits per heavy atom. The van der Waals surface area contributed by atoms with Crippen LogP contribution in [0, 0.1) is 13.8 Å². The van der Waals surface area contributed by atoms with Gasteiger partial charge in [-0.05, 0) is 64.3 Å². The highest BCUT2D eigenvalue weighted by Crippen LogP contribution is 2.20. The maximum absolute atomic E-state index is 12.9. The average molecular weight is 368 g/mol. The smallest absolute Gasteiger partial charge is 0.317 e. The third-order valence-electron chi connectivity index (χ3n) is 4.34. The first-order chi connectivity index (χ1) is 11.5. The number of hydrogen-bond acceptors (Lipinski definition) is 3. The molecule has 0 aliphatic carbocycles. The van der Waals surface area contributed by atoms with Crippen molar-refractivity contribution in [2.24, 2.45) is 0 Å². The summed E-state index contributed by atoms with van der Waals surface area (Å²) in [7, 11) is -3.53. The van der Waals surface area contributed by atoms with E-state index in [9.17, 15) is 13.2 Å². The summed E-state index contributed by atoms with van der Waals surface area (Å²) < 4.78 is 27.3. The lowest BCUT2D eigenvalue weighted by Crippen LogP contribution is -2.49. The van der Waals surface area contributed by atoms with E-state index in [1.807, 2.05) is 40.7 Å². The van der Waals surface area contributed by atoms with Crippen LogP contribution in [0.1, 0.15) is 38.3 Å². The average Bonchev–Trinajstić information content (AvgIpc) is 2.74. The van der Waals surface area contributed by atoms with Crippen LogP contribution < -0.4 is 5.32 Å². The number of nitrogens with zero attached hydrogens (tertiary/aromatic N) is 2. The van der Waals surface area contributed by atoms with Crippen molar-refractivity contribution in [2.75, 3.05) is 26.2 Å². The first kappa shape index (κ1) is 19.7. The minimum atomic E-state index is -3.53. The third kappa shape index (κ3) is 4.95. The van der Waals surface area contributed by atoms with Crippen molar-refractivity contribution in [3.63, 3.8) is 0 Å². The van der Waals surface area contributed by atoms with Crippen LogP contribution in [0.3, 0.4) is 0 Å². The summed E-state index contributed by atoms with van der Waals surface area (Å²) in [6, 6.07) is 5.08. The highest BCUT2D eigenvalue weighted by Gasteiger charge is 2.29. The fourth-order valence-electron chi connectivity index (χ4n) is 2.76. The molecule has 1 saturated heterocycles. The predicted octanol–water partition coefficient (Wildman–Crippen LogP) is 2.51. The molecule has 0 saturated carbocycles. The minimum Gasteiger partial charge on any atom is -0.333 e. The van der Waals surface area contributed by atoms with Gasteiger partial charge in [0.2, 0.25) is 10.0 Å². The van der Waals surface area contributed by atoms with E-state index in [0.29, 0.717) is 37.5 Å². The molecule has 0 bridgehead atoms. The lowest BCUT2D eigenvalue weighted by molar-refractivity contribution is 0.191. The van der Waals surface area contributed by atoms with Crippen LogP contribution in [0.5, 0.6) is 0 Å². The van der Waals surface area contributed by atoms with Crippen molar-refractivity contribution in [3.05, 3.63) is 29.3 Å². The maximum atomic E-state index is 12.9. The molecule has 1 fully saturated rings. The molecule has 6 nitrogen and oxygen atoms in total. The standard InChI is InChI=1S/C18H29N3O3S/c1-14-7-8-16(13-15(14)2)25(23,24)21-10-6-9-20(11-12-21)17(22)19-18(3,4)5/h7-8,13H,6,9-12H2,1-5H3,(H,19,22). The second-order valence-corrected chi connectivity index (χ2v) is 9.61. The predicted molar refractivity (Wildman–Crippen MR) is 99.1 cm³/mol. The number of urea groups is 1. The van der Waals surface area contributed by atoms with Crippen molar-refractivity contribution in [2.45, 2.75) is 51.5 Å². The van der Waals surface area contributed by atoms with Gasteiger partial charge in [0.25, 0.3) is 0 Å². The monoisotopic (exact) mass is 367 g/mol. The van der Waals surface area contributed by atoms with Gasteiger partial charge in [-0.25, -0.2) is 13.2 Å². The van der Waals surface area contributed by atoms with Crippen molar-refractivity contribution in [3.8, 4) is 0 Å². The third-order valence-corrected chi connectivity index (χ3v) is 6.23. The summed E-state index contributed by atoms with van der Waals surface area (Å²) in [6.07, 6.45) is 0.627. The molecule has 1 N–H and O–H groups in total. The summed E-state index contributed by atoms with van der Waals surface area (Å²) in [5.41, 5.74) is 1.72. The van der Waals surface area contributed by atoms with Gasteiger partial charge >= 0.3 is 6.03 Å². The van der Waals surface area contributed by atoms with Gasteiger partial charge in [0.15, 0.2) is 0 Å². The molecule has 1 aliphatic rings. The molecule has 1 heterocycles. The van der Waals surface area contributed by atoms with Gasteiger partial charge in [-0.2, -0.15) is 4.31 Å². The summed E-state index contributed by atoms with van der Waals surface area (Å²) in [5.74, 6) is 0. The van der Waals surface area contributed by atoms with Gasteiger partial charge in [0, 0.05) is 31.7 Å². The van der Waals surface area contributed by atoms with Crippen LogP contribution in [0.25, 0.3) is 0 Å². The number of rotatable bonds is 2. The maximum Gasteiger partial charge on any atom is 0.317 e. The molecule has 25 heavy (non-hydrogen) atoms. The van der Waals surface area contributed by atoms with E-state index >= 15 is 0 Å². The van der Waals surface area contributed by atoms with Crippen LogP contribution in [0.15, 0.2) is 23.1 Å². The van der Waals surface area contributed by atoms with E-state index in [0.717, 1.165) is 11.1 Å². The molecule has 0 spiro atoms.